The average molecular weight is 325 g/mol. The second-order valence-electron chi connectivity index (χ2n) is 5.70. The van der Waals surface area contributed by atoms with E-state index in [1.54, 1.807) is 30.1 Å². The predicted molar refractivity (Wildman–Crippen MR) is 89.4 cm³/mol. The molecule has 1 atom stereocenters. The minimum Gasteiger partial charge on any atom is -0.396 e. The predicted octanol–water partition coefficient (Wildman–Crippen LogP) is 0.944. The second-order valence-corrected chi connectivity index (χ2v) is 5.70. The van der Waals surface area contributed by atoms with E-state index >= 15 is 0 Å². The fourth-order valence-corrected chi connectivity index (χ4v) is 2.54. The number of carbonyl (C=O) groups excluding carboxylic acids is 1. The second kappa shape index (κ2) is 7.18. The van der Waals surface area contributed by atoms with Gasteiger partial charge >= 0.3 is 0 Å². The molecule has 0 aliphatic heterocycles. The molecule has 2 aromatic heterocycles. The van der Waals surface area contributed by atoms with Gasteiger partial charge in [0.25, 0.3) is 5.91 Å². The third kappa shape index (κ3) is 3.57. The van der Waals surface area contributed by atoms with Crippen molar-refractivity contribution < 1.29 is 9.90 Å². The monoisotopic (exact) mass is 325 g/mol. The molecule has 0 saturated heterocycles. The number of benzene rings is 1. The van der Waals surface area contributed by atoms with E-state index in [2.05, 4.69) is 20.6 Å². The number of aliphatic hydroxyl groups is 1. The molecule has 0 aliphatic rings. The lowest BCUT2D eigenvalue weighted by Crippen LogP contribution is -2.32. The third-order valence-corrected chi connectivity index (χ3v) is 3.91. The van der Waals surface area contributed by atoms with Crippen LogP contribution in [0.2, 0.25) is 0 Å². The van der Waals surface area contributed by atoms with Gasteiger partial charge < -0.3 is 10.4 Å². The number of hydrogen-bond acceptors (Lipinski definition) is 5. The number of nitrogens with one attached hydrogen (secondary N) is 1. The standard InChI is InChI=1S/C17H19N5O2/c1-22-16-6-5-13(9-15(16)20-21-22)17(24)19-10-12(11-23)8-14-4-2-3-7-18-14/h2-7,9,12,23H,8,10-11H2,1H3,(H,19,24). The Hall–Kier alpha value is -2.80. The largest absolute Gasteiger partial charge is 0.396 e. The van der Waals surface area contributed by atoms with E-state index in [1.165, 1.54) is 0 Å². The first-order valence-electron chi connectivity index (χ1n) is 7.76. The van der Waals surface area contributed by atoms with E-state index in [1.807, 2.05) is 24.3 Å². The van der Waals surface area contributed by atoms with E-state index in [0.717, 1.165) is 11.2 Å². The van der Waals surface area contributed by atoms with Gasteiger partial charge in [-0.15, -0.1) is 5.10 Å². The van der Waals surface area contributed by atoms with Crippen LogP contribution in [-0.4, -0.2) is 44.1 Å². The van der Waals surface area contributed by atoms with Crippen LogP contribution in [0.25, 0.3) is 11.0 Å². The van der Waals surface area contributed by atoms with Gasteiger partial charge in [-0.3, -0.25) is 9.78 Å². The summed E-state index contributed by atoms with van der Waals surface area (Å²) in [6.07, 6.45) is 2.33. The molecule has 0 aliphatic carbocycles. The molecule has 3 aromatic rings. The first-order chi connectivity index (χ1) is 11.7. The van der Waals surface area contributed by atoms with Gasteiger partial charge in [0.2, 0.25) is 0 Å². The number of aliphatic hydroxyl groups excluding tert-OH is 1. The molecule has 2 heterocycles. The van der Waals surface area contributed by atoms with Crippen molar-refractivity contribution in [2.45, 2.75) is 6.42 Å². The maximum atomic E-state index is 12.3. The molecule has 1 unspecified atom stereocenters. The third-order valence-electron chi connectivity index (χ3n) is 3.91. The zero-order valence-electron chi connectivity index (χ0n) is 13.4. The van der Waals surface area contributed by atoms with Crippen molar-refractivity contribution >= 4 is 16.9 Å². The lowest BCUT2D eigenvalue weighted by molar-refractivity contribution is 0.0940. The number of amides is 1. The summed E-state index contributed by atoms with van der Waals surface area (Å²) in [7, 11) is 1.80. The van der Waals surface area contributed by atoms with Gasteiger partial charge in [-0.25, -0.2) is 4.68 Å². The van der Waals surface area contributed by atoms with E-state index in [9.17, 15) is 9.90 Å². The van der Waals surface area contributed by atoms with Crippen LogP contribution in [0.1, 0.15) is 16.1 Å². The van der Waals surface area contributed by atoms with Gasteiger partial charge in [0.15, 0.2) is 0 Å². The Kier molecular flexibility index (Phi) is 4.81. The van der Waals surface area contributed by atoms with E-state index in [4.69, 9.17) is 0 Å². The minimum absolute atomic E-state index is 0.0138. The quantitative estimate of drug-likeness (QED) is 0.704. The topological polar surface area (TPSA) is 92.9 Å². The van der Waals surface area contributed by atoms with Gasteiger partial charge in [0.1, 0.15) is 5.52 Å². The van der Waals surface area contributed by atoms with Gasteiger partial charge in [0.05, 0.1) is 5.52 Å². The highest BCUT2D eigenvalue weighted by molar-refractivity contribution is 5.97. The SMILES string of the molecule is Cn1nnc2cc(C(=O)NCC(CO)Cc3ccccn3)ccc21. The molecule has 2 N–H and O–H groups in total. The highest BCUT2D eigenvalue weighted by atomic mass is 16.3. The summed E-state index contributed by atoms with van der Waals surface area (Å²) in [5.41, 5.74) is 2.97. The lowest BCUT2D eigenvalue weighted by Gasteiger charge is -2.14. The number of hydrogen-bond donors (Lipinski definition) is 2. The highest BCUT2D eigenvalue weighted by Gasteiger charge is 2.13. The first-order valence-corrected chi connectivity index (χ1v) is 7.76. The number of aromatic nitrogens is 4. The Morgan fingerprint density at radius 2 is 2.21 bits per heavy atom. The fourth-order valence-electron chi connectivity index (χ4n) is 2.54. The molecular formula is C17H19N5O2. The van der Waals surface area contributed by atoms with Crippen molar-refractivity contribution in [3.63, 3.8) is 0 Å². The Bertz CT molecular complexity index is 831. The van der Waals surface area contributed by atoms with Crippen LogP contribution in [0, 0.1) is 5.92 Å². The molecule has 1 amide bonds. The summed E-state index contributed by atoms with van der Waals surface area (Å²) in [6, 6.07) is 10.9. The smallest absolute Gasteiger partial charge is 0.251 e. The normalized spacial score (nSPS) is 12.2. The first kappa shape index (κ1) is 16.1. The van der Waals surface area contributed by atoms with Crippen molar-refractivity contribution in [1.82, 2.24) is 25.3 Å². The molecule has 3 rings (SSSR count). The summed E-state index contributed by atoms with van der Waals surface area (Å²) >= 11 is 0. The van der Waals surface area contributed by atoms with Gasteiger partial charge in [0, 0.05) is 43.6 Å². The zero-order valence-corrected chi connectivity index (χ0v) is 13.4. The van der Waals surface area contributed by atoms with E-state index in [-0.39, 0.29) is 18.4 Å². The Morgan fingerprint density at radius 3 is 2.96 bits per heavy atom. The molecule has 0 saturated carbocycles. The number of pyridine rings is 1. The maximum absolute atomic E-state index is 12.3. The molecule has 1 aromatic carbocycles. The molecule has 0 radical (unpaired) electrons. The minimum atomic E-state index is -0.193. The number of fused-ring (bicyclic) bond motifs is 1. The fraction of sp³-hybridized carbons (Fsp3) is 0.294. The van der Waals surface area contributed by atoms with Crippen LogP contribution < -0.4 is 5.32 Å². The number of aryl methyl sites for hydroxylation is 1. The molecule has 0 spiro atoms. The van der Waals surface area contributed by atoms with Gasteiger partial charge in [-0.2, -0.15) is 0 Å². The summed E-state index contributed by atoms with van der Waals surface area (Å²) < 4.78 is 1.66. The van der Waals surface area contributed by atoms with Crippen molar-refractivity contribution in [2.24, 2.45) is 13.0 Å². The summed E-state index contributed by atoms with van der Waals surface area (Å²) in [4.78, 5) is 16.6. The zero-order chi connectivity index (χ0) is 16.9. The molecule has 124 valence electrons. The van der Waals surface area contributed by atoms with Crippen LogP contribution in [0.3, 0.4) is 0 Å². The van der Waals surface area contributed by atoms with Gasteiger partial charge in [-0.05, 0) is 36.8 Å². The summed E-state index contributed by atoms with van der Waals surface area (Å²) in [5.74, 6) is -0.272. The Balaban J connectivity index is 1.62. The van der Waals surface area contributed by atoms with E-state index < -0.39 is 0 Å². The summed E-state index contributed by atoms with van der Waals surface area (Å²) in [5, 5.41) is 20.3. The van der Waals surface area contributed by atoms with E-state index in [0.29, 0.717) is 24.0 Å². The van der Waals surface area contributed by atoms with Crippen molar-refractivity contribution in [2.75, 3.05) is 13.2 Å². The van der Waals surface area contributed by atoms with Crippen LogP contribution >= 0.6 is 0 Å². The average Bonchev–Trinajstić information content (AvgIpc) is 2.99. The van der Waals surface area contributed by atoms with Gasteiger partial charge in [-0.1, -0.05) is 11.3 Å². The Morgan fingerprint density at radius 1 is 1.33 bits per heavy atom. The van der Waals surface area contributed by atoms with Crippen LogP contribution in [0.4, 0.5) is 0 Å². The van der Waals surface area contributed by atoms with Crippen LogP contribution in [-0.2, 0) is 13.5 Å². The van der Waals surface area contributed by atoms with Crippen molar-refractivity contribution in [3.05, 3.63) is 53.9 Å². The molecular weight excluding hydrogens is 306 g/mol. The molecule has 24 heavy (non-hydrogen) atoms. The number of rotatable bonds is 6. The summed E-state index contributed by atoms with van der Waals surface area (Å²) in [6.45, 7) is 0.366. The maximum Gasteiger partial charge on any atom is 0.251 e. The molecule has 0 fully saturated rings. The van der Waals surface area contributed by atoms with Crippen LogP contribution in [0.5, 0.6) is 0 Å². The van der Waals surface area contributed by atoms with Crippen molar-refractivity contribution in [3.8, 4) is 0 Å². The lowest BCUT2D eigenvalue weighted by atomic mass is 10.0. The van der Waals surface area contributed by atoms with Crippen LogP contribution in [0.15, 0.2) is 42.6 Å². The van der Waals surface area contributed by atoms with Crippen molar-refractivity contribution in [1.29, 1.82) is 0 Å². The number of carbonyl (C=O) groups is 1. The Labute approximate surface area is 139 Å². The number of nitrogens with zero attached hydrogens (tertiary/aromatic N) is 4. The molecule has 0 bridgehead atoms. The molecule has 7 heteroatoms. The highest BCUT2D eigenvalue weighted by Crippen LogP contribution is 2.13. The molecule has 7 nitrogen and oxygen atoms in total.